The number of hydrogen-bond acceptors (Lipinski definition) is 5. The molecule has 0 spiro atoms. The molecule has 0 fully saturated rings. The van der Waals surface area contributed by atoms with Crippen molar-refractivity contribution in [2.75, 3.05) is 26.7 Å². The maximum atomic E-state index is 11.6. The predicted octanol–water partition coefficient (Wildman–Crippen LogP) is 3.38. The molecule has 0 unspecified atom stereocenters. The molecule has 0 aliphatic carbocycles. The molecule has 0 atom stereocenters. The molecule has 1 aromatic heterocycles. The van der Waals surface area contributed by atoms with Gasteiger partial charge in [0, 0.05) is 32.1 Å². The van der Waals surface area contributed by atoms with Crippen LogP contribution in [0, 0.1) is 6.92 Å². The lowest BCUT2D eigenvalue weighted by Gasteiger charge is -2.21. The number of halogens is 1. The van der Waals surface area contributed by atoms with Gasteiger partial charge in [-0.25, -0.2) is 9.78 Å². The Morgan fingerprint density at radius 1 is 1.38 bits per heavy atom. The van der Waals surface area contributed by atoms with Gasteiger partial charge in [0.25, 0.3) is 0 Å². The number of ether oxygens (including phenoxy) is 1. The topological polar surface area (TPSA) is 78.8 Å². The minimum absolute atomic E-state index is 0. The highest BCUT2D eigenvalue weighted by Gasteiger charge is 2.15. The largest absolute Gasteiger partial charge is 0.444 e. The van der Waals surface area contributed by atoms with Crippen LogP contribution in [0.4, 0.5) is 4.79 Å². The monoisotopic (exact) mass is 497 g/mol. The molecule has 0 bridgehead atoms. The number of hydrogen-bond donors (Lipinski definition) is 2. The van der Waals surface area contributed by atoms with Crippen molar-refractivity contribution in [3.63, 3.8) is 0 Å². The molecule has 0 aliphatic rings. The van der Waals surface area contributed by atoms with Gasteiger partial charge in [-0.15, -0.1) is 35.3 Å². The number of carbonyl (C=O) groups is 1. The van der Waals surface area contributed by atoms with Crippen LogP contribution >= 0.6 is 35.3 Å². The quantitative estimate of drug-likeness (QED) is 0.262. The molecular weight excluding hydrogens is 465 g/mol. The van der Waals surface area contributed by atoms with Crippen molar-refractivity contribution in [3.05, 3.63) is 16.1 Å². The molecule has 1 rings (SSSR count). The van der Waals surface area contributed by atoms with Crippen molar-refractivity contribution in [1.29, 1.82) is 0 Å². The Labute approximate surface area is 178 Å². The van der Waals surface area contributed by atoms with Crippen LogP contribution in [0.3, 0.4) is 0 Å². The summed E-state index contributed by atoms with van der Waals surface area (Å²) in [6, 6.07) is 0. The van der Waals surface area contributed by atoms with E-state index < -0.39 is 5.60 Å². The van der Waals surface area contributed by atoms with E-state index in [1.807, 2.05) is 41.7 Å². The smallest absolute Gasteiger partial charge is 0.407 e. The van der Waals surface area contributed by atoms with Crippen LogP contribution in [-0.4, -0.2) is 54.2 Å². The zero-order chi connectivity index (χ0) is 18.9. The molecule has 7 nitrogen and oxygen atoms in total. The van der Waals surface area contributed by atoms with E-state index in [0.29, 0.717) is 19.6 Å². The summed E-state index contributed by atoms with van der Waals surface area (Å²) in [6.07, 6.45) is 0.358. The van der Waals surface area contributed by atoms with Crippen molar-refractivity contribution in [2.45, 2.75) is 53.2 Å². The number of thiazole rings is 1. The van der Waals surface area contributed by atoms with Gasteiger partial charge in [0.15, 0.2) is 5.96 Å². The minimum atomic E-state index is -0.475. The molecule has 0 radical (unpaired) electrons. The van der Waals surface area contributed by atoms with E-state index in [1.54, 1.807) is 11.3 Å². The third kappa shape index (κ3) is 10.8. The fourth-order valence-electron chi connectivity index (χ4n) is 2.04. The molecule has 0 saturated heterocycles. The summed E-state index contributed by atoms with van der Waals surface area (Å²) in [4.78, 5) is 22.7. The zero-order valence-electron chi connectivity index (χ0n) is 16.6. The number of carbonyl (C=O) groups excluding carboxylic acids is 1. The molecule has 1 heterocycles. The fraction of sp³-hybridized carbons (Fsp3) is 0.706. The highest BCUT2D eigenvalue weighted by atomic mass is 127. The lowest BCUT2D eigenvalue weighted by atomic mass is 10.2. The van der Waals surface area contributed by atoms with Crippen LogP contribution in [0.1, 0.15) is 44.8 Å². The highest BCUT2D eigenvalue weighted by Crippen LogP contribution is 2.10. The number of nitrogens with zero attached hydrogens (tertiary/aromatic N) is 3. The number of guanidine groups is 1. The van der Waals surface area contributed by atoms with Crippen molar-refractivity contribution >= 4 is 47.4 Å². The van der Waals surface area contributed by atoms with Crippen LogP contribution in [0.15, 0.2) is 10.4 Å². The molecule has 1 aromatic rings. The third-order valence-corrected chi connectivity index (χ3v) is 3.85. The maximum Gasteiger partial charge on any atom is 0.407 e. The van der Waals surface area contributed by atoms with E-state index in [-0.39, 0.29) is 30.1 Å². The summed E-state index contributed by atoms with van der Waals surface area (Å²) in [5, 5.41) is 9.16. The lowest BCUT2D eigenvalue weighted by molar-refractivity contribution is 0.0527. The van der Waals surface area contributed by atoms with Gasteiger partial charge in [-0.2, -0.15) is 0 Å². The first-order valence-corrected chi connectivity index (χ1v) is 9.46. The number of nitrogens with one attached hydrogen (secondary N) is 2. The van der Waals surface area contributed by atoms with E-state index in [1.165, 1.54) is 0 Å². The second kappa shape index (κ2) is 12.3. The third-order valence-electron chi connectivity index (χ3n) is 3.03. The van der Waals surface area contributed by atoms with Crippen LogP contribution < -0.4 is 10.6 Å². The number of aryl methyl sites for hydroxylation is 1. The highest BCUT2D eigenvalue weighted by molar-refractivity contribution is 14.0. The van der Waals surface area contributed by atoms with Gasteiger partial charge in [-0.05, 0) is 41.0 Å². The Morgan fingerprint density at radius 3 is 2.62 bits per heavy atom. The van der Waals surface area contributed by atoms with Crippen LogP contribution in [0.5, 0.6) is 0 Å². The molecule has 26 heavy (non-hydrogen) atoms. The zero-order valence-corrected chi connectivity index (χ0v) is 19.7. The van der Waals surface area contributed by atoms with Gasteiger partial charge in [-0.3, -0.25) is 4.99 Å². The molecular formula is C17H32IN5O2S. The second-order valence-electron chi connectivity index (χ2n) is 6.73. The average Bonchev–Trinajstić information content (AvgIpc) is 2.89. The van der Waals surface area contributed by atoms with Gasteiger partial charge >= 0.3 is 6.09 Å². The Balaban J connectivity index is 0.00000625. The molecule has 2 N–H and O–H groups in total. The Morgan fingerprint density at radius 2 is 2.08 bits per heavy atom. The average molecular weight is 497 g/mol. The maximum absolute atomic E-state index is 11.6. The van der Waals surface area contributed by atoms with E-state index in [9.17, 15) is 4.79 Å². The molecule has 0 aromatic carbocycles. The summed E-state index contributed by atoms with van der Waals surface area (Å²) in [5.41, 5.74) is 0.569. The Bertz CT molecular complexity index is 572. The SMILES string of the molecule is CCNC(=NCCCNC(=O)OC(C)(C)C)N(C)Cc1csc(C)n1.I. The number of alkyl carbamates (subject to hydrolysis) is 1. The van der Waals surface area contributed by atoms with E-state index in [2.05, 4.69) is 30.9 Å². The predicted molar refractivity (Wildman–Crippen MR) is 119 cm³/mol. The van der Waals surface area contributed by atoms with E-state index in [4.69, 9.17) is 4.74 Å². The lowest BCUT2D eigenvalue weighted by Crippen LogP contribution is -2.38. The van der Waals surface area contributed by atoms with E-state index in [0.717, 1.165) is 29.6 Å². The normalized spacial score (nSPS) is 11.5. The number of aromatic nitrogens is 1. The van der Waals surface area contributed by atoms with Crippen molar-refractivity contribution < 1.29 is 9.53 Å². The van der Waals surface area contributed by atoms with Crippen LogP contribution in [-0.2, 0) is 11.3 Å². The first kappa shape index (κ1) is 24.9. The second-order valence-corrected chi connectivity index (χ2v) is 7.79. The van der Waals surface area contributed by atoms with E-state index >= 15 is 0 Å². The number of rotatable bonds is 7. The summed E-state index contributed by atoms with van der Waals surface area (Å²) >= 11 is 1.65. The van der Waals surface area contributed by atoms with Crippen molar-refractivity contribution in [3.8, 4) is 0 Å². The number of amides is 1. The van der Waals surface area contributed by atoms with Gasteiger partial charge in [0.05, 0.1) is 17.2 Å². The summed E-state index contributed by atoms with van der Waals surface area (Å²) in [5.74, 6) is 0.838. The summed E-state index contributed by atoms with van der Waals surface area (Å²) in [6.45, 7) is 12.3. The molecule has 150 valence electrons. The summed E-state index contributed by atoms with van der Waals surface area (Å²) < 4.78 is 5.20. The molecule has 1 amide bonds. The Kier molecular flexibility index (Phi) is 11.8. The van der Waals surface area contributed by atoms with Crippen molar-refractivity contribution in [1.82, 2.24) is 20.5 Å². The standard InChI is InChI=1S/C17H31N5O2S.HI/c1-7-18-15(22(6)11-14-12-25-13(2)21-14)19-9-8-10-20-16(23)24-17(3,4)5;/h12H,7-11H2,1-6H3,(H,18,19)(H,20,23);1H. The minimum Gasteiger partial charge on any atom is -0.444 e. The van der Waals surface area contributed by atoms with Crippen LogP contribution in [0.2, 0.25) is 0 Å². The van der Waals surface area contributed by atoms with Crippen molar-refractivity contribution in [2.24, 2.45) is 4.99 Å². The van der Waals surface area contributed by atoms with Gasteiger partial charge in [0.2, 0.25) is 0 Å². The molecule has 9 heteroatoms. The first-order valence-electron chi connectivity index (χ1n) is 8.58. The fourth-order valence-corrected chi connectivity index (χ4v) is 2.64. The van der Waals surface area contributed by atoms with Gasteiger partial charge < -0.3 is 20.3 Å². The van der Waals surface area contributed by atoms with Gasteiger partial charge in [0.1, 0.15) is 5.60 Å². The molecule has 0 saturated carbocycles. The first-order chi connectivity index (χ1) is 11.7. The Hall–Kier alpha value is -1.10. The van der Waals surface area contributed by atoms with Gasteiger partial charge in [-0.1, -0.05) is 0 Å². The molecule has 0 aliphatic heterocycles. The summed E-state index contributed by atoms with van der Waals surface area (Å²) in [7, 11) is 2.00. The number of aliphatic imine (C=N–C) groups is 1. The van der Waals surface area contributed by atoms with Crippen LogP contribution in [0.25, 0.3) is 0 Å².